The van der Waals surface area contributed by atoms with Gasteiger partial charge in [-0.05, 0) is 24.3 Å². The van der Waals surface area contributed by atoms with Crippen molar-refractivity contribution in [2.75, 3.05) is 17.2 Å². The van der Waals surface area contributed by atoms with Gasteiger partial charge in [-0.3, -0.25) is 14.7 Å². The van der Waals surface area contributed by atoms with E-state index in [-0.39, 0.29) is 37.3 Å². The van der Waals surface area contributed by atoms with Gasteiger partial charge in [0, 0.05) is 18.0 Å². The minimum absolute atomic E-state index is 0. The second kappa shape index (κ2) is 7.15. The lowest BCUT2D eigenvalue weighted by Crippen LogP contribution is -2.38. The number of pyridine rings is 1. The Kier molecular flexibility index (Phi) is 5.81. The summed E-state index contributed by atoms with van der Waals surface area (Å²) in [4.78, 5) is 17.9. The number of hydrogen-bond acceptors (Lipinski definition) is 4. The number of nitrogen functional groups attached to an aromatic ring is 1. The number of aromatic nitrogens is 1. The number of amides is 1. The number of nitrogens with two attached hydrogens (primary N) is 1. The van der Waals surface area contributed by atoms with E-state index in [2.05, 4.69) is 4.98 Å². The zero-order chi connectivity index (χ0) is 13.2. The van der Waals surface area contributed by atoms with Crippen LogP contribution in [0, 0.1) is 0 Å². The Bertz CT molecular complexity index is 623. The topological polar surface area (TPSA) is 68.5 Å². The molecular formula is C14H15Cl2N3O2. The highest BCUT2D eigenvalue weighted by Crippen LogP contribution is 2.34. The van der Waals surface area contributed by atoms with Gasteiger partial charge in [0.15, 0.2) is 6.61 Å². The first-order valence-corrected chi connectivity index (χ1v) is 5.96. The molecule has 1 amide bonds. The van der Waals surface area contributed by atoms with Crippen molar-refractivity contribution < 1.29 is 9.53 Å². The molecule has 1 aliphatic heterocycles. The second-order valence-electron chi connectivity index (χ2n) is 4.32. The van der Waals surface area contributed by atoms with Crippen molar-refractivity contribution in [1.82, 2.24) is 4.98 Å². The number of rotatable bonds is 2. The average molecular weight is 328 g/mol. The van der Waals surface area contributed by atoms with Crippen LogP contribution in [0.5, 0.6) is 5.75 Å². The molecule has 0 atom stereocenters. The molecule has 0 aliphatic carbocycles. The first-order chi connectivity index (χ1) is 9.24. The summed E-state index contributed by atoms with van der Waals surface area (Å²) in [5, 5.41) is 0. The Balaban J connectivity index is 0.00000110. The molecule has 5 nitrogen and oxygen atoms in total. The van der Waals surface area contributed by atoms with E-state index >= 15 is 0 Å². The summed E-state index contributed by atoms with van der Waals surface area (Å²) in [7, 11) is 0. The van der Waals surface area contributed by atoms with Gasteiger partial charge in [-0.15, -0.1) is 24.8 Å². The molecule has 0 unspecified atom stereocenters. The van der Waals surface area contributed by atoms with Crippen LogP contribution in [0.4, 0.5) is 11.4 Å². The molecule has 2 N–H and O–H groups in total. The maximum atomic E-state index is 12.0. The van der Waals surface area contributed by atoms with Gasteiger partial charge in [0.1, 0.15) is 5.75 Å². The number of nitrogens with zero attached hydrogens (tertiary/aromatic N) is 2. The van der Waals surface area contributed by atoms with Gasteiger partial charge in [-0.1, -0.05) is 6.07 Å². The van der Waals surface area contributed by atoms with Gasteiger partial charge in [0.25, 0.3) is 5.91 Å². The smallest absolute Gasteiger partial charge is 0.265 e. The molecule has 7 heteroatoms. The van der Waals surface area contributed by atoms with Crippen LogP contribution in [0.15, 0.2) is 42.6 Å². The van der Waals surface area contributed by atoms with Crippen LogP contribution in [-0.2, 0) is 11.3 Å². The Morgan fingerprint density at radius 2 is 2.05 bits per heavy atom. The highest BCUT2D eigenvalue weighted by Gasteiger charge is 2.25. The number of halogens is 2. The predicted molar refractivity (Wildman–Crippen MR) is 86.3 cm³/mol. The molecule has 0 spiro atoms. The summed E-state index contributed by atoms with van der Waals surface area (Å²) in [5.74, 6) is 0.554. The van der Waals surface area contributed by atoms with E-state index in [4.69, 9.17) is 10.5 Å². The third kappa shape index (κ3) is 3.56. The number of carbonyl (C=O) groups is 1. The molecule has 112 valence electrons. The maximum absolute atomic E-state index is 12.0. The van der Waals surface area contributed by atoms with Crippen LogP contribution in [0.25, 0.3) is 0 Å². The molecule has 3 rings (SSSR count). The zero-order valence-corrected chi connectivity index (χ0v) is 12.7. The van der Waals surface area contributed by atoms with Crippen LogP contribution in [0.2, 0.25) is 0 Å². The van der Waals surface area contributed by atoms with E-state index in [0.29, 0.717) is 18.0 Å². The average Bonchev–Trinajstić information content (AvgIpc) is 2.43. The second-order valence-corrected chi connectivity index (χ2v) is 4.32. The van der Waals surface area contributed by atoms with Crippen molar-refractivity contribution >= 4 is 42.1 Å². The molecule has 1 aromatic heterocycles. The van der Waals surface area contributed by atoms with Crippen molar-refractivity contribution in [2.45, 2.75) is 6.54 Å². The zero-order valence-electron chi connectivity index (χ0n) is 11.1. The largest absolute Gasteiger partial charge is 0.481 e. The van der Waals surface area contributed by atoms with Gasteiger partial charge in [-0.2, -0.15) is 0 Å². The number of fused-ring (bicyclic) bond motifs is 1. The first-order valence-electron chi connectivity index (χ1n) is 5.96. The summed E-state index contributed by atoms with van der Waals surface area (Å²) in [6, 6.07) is 10.9. The van der Waals surface area contributed by atoms with Crippen molar-refractivity contribution in [3.63, 3.8) is 0 Å². The van der Waals surface area contributed by atoms with Gasteiger partial charge >= 0.3 is 0 Å². The molecule has 0 fully saturated rings. The lowest BCUT2D eigenvalue weighted by atomic mass is 10.2. The fraction of sp³-hybridized carbons (Fsp3) is 0.143. The van der Waals surface area contributed by atoms with Gasteiger partial charge in [0.05, 0.1) is 17.9 Å². The number of benzene rings is 1. The van der Waals surface area contributed by atoms with Crippen molar-refractivity contribution in [2.24, 2.45) is 0 Å². The molecule has 0 radical (unpaired) electrons. The molecule has 2 aromatic rings. The van der Waals surface area contributed by atoms with Crippen molar-refractivity contribution in [1.29, 1.82) is 0 Å². The van der Waals surface area contributed by atoms with E-state index < -0.39 is 0 Å². The highest BCUT2D eigenvalue weighted by molar-refractivity contribution is 5.98. The SMILES string of the molecule is Cl.Cl.Nc1ccc2c(c1)OCC(=O)N2Cc1ccccn1. The van der Waals surface area contributed by atoms with Crippen molar-refractivity contribution in [3.05, 3.63) is 48.3 Å². The Morgan fingerprint density at radius 1 is 1.24 bits per heavy atom. The molecule has 0 saturated carbocycles. The van der Waals surface area contributed by atoms with Crippen LogP contribution in [0.1, 0.15) is 5.69 Å². The van der Waals surface area contributed by atoms with Crippen molar-refractivity contribution in [3.8, 4) is 5.75 Å². The van der Waals surface area contributed by atoms with E-state index in [1.165, 1.54) is 0 Å². The number of ether oxygens (including phenoxy) is 1. The minimum Gasteiger partial charge on any atom is -0.481 e. The molecular weight excluding hydrogens is 313 g/mol. The van der Waals surface area contributed by atoms with Crippen LogP contribution in [0.3, 0.4) is 0 Å². The van der Waals surface area contributed by atoms with Crippen LogP contribution < -0.4 is 15.4 Å². The molecule has 0 bridgehead atoms. The number of hydrogen-bond donors (Lipinski definition) is 1. The van der Waals surface area contributed by atoms with Crippen LogP contribution >= 0.6 is 24.8 Å². The highest BCUT2D eigenvalue weighted by atomic mass is 35.5. The lowest BCUT2D eigenvalue weighted by Gasteiger charge is -2.29. The Labute approximate surface area is 134 Å². The molecule has 1 aliphatic rings. The van der Waals surface area contributed by atoms with E-state index in [1.54, 1.807) is 29.3 Å². The monoisotopic (exact) mass is 327 g/mol. The number of carbonyl (C=O) groups excluding carboxylic acids is 1. The first kappa shape index (κ1) is 17.1. The molecule has 21 heavy (non-hydrogen) atoms. The quantitative estimate of drug-likeness (QED) is 0.860. The third-order valence-corrected chi connectivity index (χ3v) is 2.97. The molecule has 0 saturated heterocycles. The van der Waals surface area contributed by atoms with Gasteiger partial charge in [0.2, 0.25) is 0 Å². The molecule has 2 heterocycles. The normalized spacial score (nSPS) is 12.6. The minimum atomic E-state index is -0.0806. The van der Waals surface area contributed by atoms with Gasteiger partial charge < -0.3 is 10.5 Å². The summed E-state index contributed by atoms with van der Waals surface area (Å²) >= 11 is 0. The fourth-order valence-corrected chi connectivity index (χ4v) is 2.05. The lowest BCUT2D eigenvalue weighted by molar-refractivity contribution is -0.121. The summed E-state index contributed by atoms with van der Waals surface area (Å²) in [6.45, 7) is 0.462. The maximum Gasteiger partial charge on any atom is 0.265 e. The molecule has 1 aromatic carbocycles. The van der Waals surface area contributed by atoms with Gasteiger partial charge in [-0.25, -0.2) is 0 Å². The van der Waals surface area contributed by atoms with E-state index in [9.17, 15) is 4.79 Å². The third-order valence-electron chi connectivity index (χ3n) is 2.97. The fourth-order valence-electron chi connectivity index (χ4n) is 2.05. The Hall–Kier alpha value is -1.98. The standard InChI is InChI=1S/C14H13N3O2.2ClH/c15-10-4-5-12-13(7-10)19-9-14(18)17(12)8-11-3-1-2-6-16-11;;/h1-7H,8-9,15H2;2*1H. The van der Waals surface area contributed by atoms with E-state index in [0.717, 1.165) is 11.4 Å². The summed E-state index contributed by atoms with van der Waals surface area (Å²) < 4.78 is 5.39. The Morgan fingerprint density at radius 3 is 2.76 bits per heavy atom. The van der Waals surface area contributed by atoms with E-state index in [1.807, 2.05) is 18.2 Å². The number of anilines is 2. The summed E-state index contributed by atoms with van der Waals surface area (Å²) in [5.41, 5.74) is 7.90. The predicted octanol–water partition coefficient (Wildman–Crippen LogP) is 2.43. The summed E-state index contributed by atoms with van der Waals surface area (Å²) in [6.07, 6.45) is 1.71. The van der Waals surface area contributed by atoms with Crippen LogP contribution in [-0.4, -0.2) is 17.5 Å².